The van der Waals surface area contributed by atoms with Crippen LogP contribution in [0.2, 0.25) is 0 Å². The van der Waals surface area contributed by atoms with Crippen LogP contribution in [-0.4, -0.2) is 36.3 Å². The van der Waals surface area contributed by atoms with Crippen LogP contribution >= 0.6 is 0 Å². The van der Waals surface area contributed by atoms with Gasteiger partial charge in [0.05, 0.1) is 25.1 Å². The average Bonchev–Trinajstić information content (AvgIpc) is 2.28. The molecule has 94 valence electrons. The van der Waals surface area contributed by atoms with Gasteiger partial charge < -0.3 is 15.4 Å². The third-order valence-electron chi connectivity index (χ3n) is 2.83. The second-order valence-electron chi connectivity index (χ2n) is 5.31. The van der Waals surface area contributed by atoms with Crippen molar-refractivity contribution >= 4 is 11.6 Å². The molecule has 1 fully saturated rings. The zero-order valence-corrected chi connectivity index (χ0v) is 10.7. The number of morpholine rings is 1. The molecule has 2 heterocycles. The first-order valence-electron chi connectivity index (χ1n) is 5.94. The van der Waals surface area contributed by atoms with Crippen LogP contribution in [-0.2, 0) is 10.2 Å². The fraction of sp³-hybridized carbons (Fsp3) is 0.667. The molecule has 0 amide bonds. The van der Waals surface area contributed by atoms with Crippen molar-refractivity contribution in [2.75, 3.05) is 36.9 Å². The van der Waals surface area contributed by atoms with Gasteiger partial charge in [-0.3, -0.25) is 4.98 Å². The molecule has 0 radical (unpaired) electrons. The second-order valence-corrected chi connectivity index (χ2v) is 5.31. The SMILES string of the molecule is CC(C)(C)c1ncc(N2CCOCC2)nc1N. The Balaban J connectivity index is 2.24. The first-order valence-corrected chi connectivity index (χ1v) is 5.94. The summed E-state index contributed by atoms with van der Waals surface area (Å²) in [6.07, 6.45) is 1.81. The molecule has 5 nitrogen and oxygen atoms in total. The summed E-state index contributed by atoms with van der Waals surface area (Å²) in [6, 6.07) is 0. The third-order valence-corrected chi connectivity index (χ3v) is 2.83. The molecule has 1 aliphatic heterocycles. The van der Waals surface area contributed by atoms with Crippen LogP contribution in [0, 0.1) is 0 Å². The molecule has 5 heteroatoms. The Morgan fingerprint density at radius 3 is 2.47 bits per heavy atom. The van der Waals surface area contributed by atoms with Crippen LogP contribution in [0.4, 0.5) is 11.6 Å². The van der Waals surface area contributed by atoms with Crippen LogP contribution in [0.3, 0.4) is 0 Å². The van der Waals surface area contributed by atoms with Crippen LogP contribution in [0.25, 0.3) is 0 Å². The standard InChI is InChI=1S/C12H20N4O/c1-12(2,3)10-11(13)15-9(8-14-10)16-4-6-17-7-5-16/h8H,4-7H2,1-3H3,(H2,13,15). The monoisotopic (exact) mass is 236 g/mol. The third kappa shape index (κ3) is 2.66. The molecule has 1 aromatic rings. The lowest BCUT2D eigenvalue weighted by molar-refractivity contribution is 0.122. The lowest BCUT2D eigenvalue weighted by atomic mass is 9.92. The Labute approximate surface area is 102 Å². The summed E-state index contributed by atoms with van der Waals surface area (Å²) in [4.78, 5) is 11.1. The smallest absolute Gasteiger partial charge is 0.149 e. The molecule has 2 rings (SSSR count). The van der Waals surface area contributed by atoms with Crippen molar-refractivity contribution in [1.29, 1.82) is 0 Å². The first kappa shape index (κ1) is 12.1. The highest BCUT2D eigenvalue weighted by atomic mass is 16.5. The number of nitrogens with zero attached hydrogens (tertiary/aromatic N) is 3. The number of nitrogen functional groups attached to an aromatic ring is 1. The van der Waals surface area contributed by atoms with Crippen molar-refractivity contribution in [3.05, 3.63) is 11.9 Å². The number of nitrogens with two attached hydrogens (primary N) is 1. The lowest BCUT2D eigenvalue weighted by Gasteiger charge is -2.28. The largest absolute Gasteiger partial charge is 0.382 e. The number of anilines is 2. The van der Waals surface area contributed by atoms with Gasteiger partial charge in [-0.15, -0.1) is 0 Å². The van der Waals surface area contributed by atoms with Crippen molar-refractivity contribution in [3.63, 3.8) is 0 Å². The summed E-state index contributed by atoms with van der Waals surface area (Å²) in [5.41, 5.74) is 6.77. The maximum atomic E-state index is 5.98. The summed E-state index contributed by atoms with van der Waals surface area (Å²) < 4.78 is 5.31. The summed E-state index contributed by atoms with van der Waals surface area (Å²) in [6.45, 7) is 9.43. The van der Waals surface area contributed by atoms with Crippen LogP contribution in [0.1, 0.15) is 26.5 Å². The summed E-state index contributed by atoms with van der Waals surface area (Å²) in [5, 5.41) is 0. The molecule has 0 atom stereocenters. The molecule has 0 unspecified atom stereocenters. The molecule has 1 aliphatic rings. The van der Waals surface area contributed by atoms with E-state index in [1.54, 1.807) is 0 Å². The fourth-order valence-electron chi connectivity index (χ4n) is 1.92. The molecule has 1 aromatic heterocycles. The van der Waals surface area contributed by atoms with Gasteiger partial charge in [-0.05, 0) is 0 Å². The van der Waals surface area contributed by atoms with Crippen LogP contribution < -0.4 is 10.6 Å². The molecular formula is C12H20N4O. The van der Waals surface area contributed by atoms with E-state index in [-0.39, 0.29) is 5.41 Å². The molecule has 1 saturated heterocycles. The Hall–Kier alpha value is -1.36. The highest BCUT2D eigenvalue weighted by molar-refractivity contribution is 5.47. The molecule has 0 spiro atoms. The van der Waals surface area contributed by atoms with Crippen molar-refractivity contribution < 1.29 is 4.74 Å². The highest BCUT2D eigenvalue weighted by Gasteiger charge is 2.21. The number of aromatic nitrogens is 2. The fourth-order valence-corrected chi connectivity index (χ4v) is 1.92. The molecular weight excluding hydrogens is 216 g/mol. The van der Waals surface area contributed by atoms with Crippen molar-refractivity contribution in [1.82, 2.24) is 9.97 Å². The van der Waals surface area contributed by atoms with Gasteiger partial charge in [0.2, 0.25) is 0 Å². The minimum atomic E-state index is -0.0688. The van der Waals surface area contributed by atoms with Crippen molar-refractivity contribution in [2.45, 2.75) is 26.2 Å². The number of ether oxygens (including phenoxy) is 1. The van der Waals surface area contributed by atoms with Gasteiger partial charge in [0.1, 0.15) is 11.6 Å². The first-order chi connectivity index (χ1) is 7.98. The van der Waals surface area contributed by atoms with Gasteiger partial charge >= 0.3 is 0 Å². The number of hydrogen-bond acceptors (Lipinski definition) is 5. The van der Waals surface area contributed by atoms with E-state index >= 15 is 0 Å². The van der Waals surface area contributed by atoms with Crippen LogP contribution in [0.5, 0.6) is 0 Å². The topological polar surface area (TPSA) is 64.3 Å². The molecule has 2 N–H and O–H groups in total. The van der Waals surface area contributed by atoms with E-state index in [2.05, 4.69) is 35.6 Å². The lowest BCUT2D eigenvalue weighted by Crippen LogP contribution is -2.37. The summed E-state index contributed by atoms with van der Waals surface area (Å²) in [7, 11) is 0. The second kappa shape index (κ2) is 4.49. The zero-order chi connectivity index (χ0) is 12.5. The van der Waals surface area contributed by atoms with Gasteiger partial charge in [-0.25, -0.2) is 4.98 Å². The molecule has 0 aromatic carbocycles. The Kier molecular flexibility index (Phi) is 3.19. The van der Waals surface area contributed by atoms with E-state index in [0.29, 0.717) is 5.82 Å². The maximum absolute atomic E-state index is 5.98. The minimum absolute atomic E-state index is 0.0688. The van der Waals surface area contributed by atoms with E-state index in [9.17, 15) is 0 Å². The van der Waals surface area contributed by atoms with Gasteiger partial charge in [0.15, 0.2) is 0 Å². The van der Waals surface area contributed by atoms with Gasteiger partial charge in [0.25, 0.3) is 0 Å². The average molecular weight is 236 g/mol. The van der Waals surface area contributed by atoms with Gasteiger partial charge in [-0.2, -0.15) is 0 Å². The molecule has 17 heavy (non-hydrogen) atoms. The predicted octanol–water partition coefficient (Wildman–Crippen LogP) is 1.19. The molecule has 0 saturated carbocycles. The van der Waals surface area contributed by atoms with Gasteiger partial charge in [-0.1, -0.05) is 20.8 Å². The Morgan fingerprint density at radius 1 is 1.29 bits per heavy atom. The Morgan fingerprint density at radius 2 is 1.94 bits per heavy atom. The summed E-state index contributed by atoms with van der Waals surface area (Å²) in [5.74, 6) is 1.38. The van der Waals surface area contributed by atoms with E-state index in [4.69, 9.17) is 10.5 Å². The highest BCUT2D eigenvalue weighted by Crippen LogP contribution is 2.26. The summed E-state index contributed by atoms with van der Waals surface area (Å²) >= 11 is 0. The quantitative estimate of drug-likeness (QED) is 0.793. The van der Waals surface area contributed by atoms with E-state index in [1.165, 1.54) is 0 Å². The van der Waals surface area contributed by atoms with Gasteiger partial charge in [0, 0.05) is 18.5 Å². The maximum Gasteiger partial charge on any atom is 0.149 e. The molecule has 0 aliphatic carbocycles. The number of rotatable bonds is 1. The van der Waals surface area contributed by atoms with Crippen molar-refractivity contribution in [2.24, 2.45) is 0 Å². The van der Waals surface area contributed by atoms with Crippen molar-refractivity contribution in [3.8, 4) is 0 Å². The molecule has 0 bridgehead atoms. The predicted molar refractivity (Wildman–Crippen MR) is 68.2 cm³/mol. The van der Waals surface area contributed by atoms with E-state index in [0.717, 1.165) is 37.8 Å². The zero-order valence-electron chi connectivity index (χ0n) is 10.7. The van der Waals surface area contributed by atoms with Crippen LogP contribution in [0.15, 0.2) is 6.20 Å². The normalized spacial score (nSPS) is 17.2. The van der Waals surface area contributed by atoms with E-state index in [1.807, 2.05) is 6.20 Å². The Bertz CT molecular complexity index is 394. The minimum Gasteiger partial charge on any atom is -0.382 e. The number of hydrogen-bond donors (Lipinski definition) is 1. The van der Waals surface area contributed by atoms with E-state index < -0.39 is 0 Å².